The summed E-state index contributed by atoms with van der Waals surface area (Å²) < 4.78 is 4.68. The molecule has 2 amide bonds. The molecule has 1 aliphatic heterocycles. The zero-order chi connectivity index (χ0) is 9.84. The summed E-state index contributed by atoms with van der Waals surface area (Å²) >= 11 is 0. The largest absolute Gasteiger partial charge is 0.465 e. The average Bonchev–Trinajstić information content (AvgIpc) is 2.04. The zero-order valence-electron chi connectivity index (χ0n) is 7.33. The fourth-order valence-electron chi connectivity index (χ4n) is 1.16. The van der Waals surface area contributed by atoms with E-state index < -0.39 is 17.8 Å². The number of carbonyl (C=O) groups excluding carboxylic acids is 3. The zero-order valence-corrected chi connectivity index (χ0v) is 7.33. The van der Waals surface area contributed by atoms with Crippen molar-refractivity contribution in [1.82, 2.24) is 5.32 Å². The second-order valence-electron chi connectivity index (χ2n) is 2.76. The number of esters is 1. The highest BCUT2D eigenvalue weighted by atomic mass is 16.5. The molecule has 1 N–H and O–H groups in total. The van der Waals surface area contributed by atoms with Gasteiger partial charge < -0.3 is 4.74 Å². The molecule has 5 heteroatoms. The van der Waals surface area contributed by atoms with Crippen molar-refractivity contribution >= 4 is 17.8 Å². The lowest BCUT2D eigenvalue weighted by atomic mass is 9.98. The second-order valence-corrected chi connectivity index (χ2v) is 2.76. The third-order valence-corrected chi connectivity index (χ3v) is 1.81. The van der Waals surface area contributed by atoms with E-state index >= 15 is 0 Å². The standard InChI is InChI=1S/C8H11NO4/c1-2-13-8(12)5-3-4-6(10)9-7(5)11/h5H,2-4H2,1H3,(H,9,10,11). The molecule has 0 radical (unpaired) electrons. The van der Waals surface area contributed by atoms with E-state index in [9.17, 15) is 14.4 Å². The van der Waals surface area contributed by atoms with Crippen LogP contribution in [0.15, 0.2) is 0 Å². The van der Waals surface area contributed by atoms with Crippen LogP contribution in [-0.4, -0.2) is 24.4 Å². The number of piperidine rings is 1. The van der Waals surface area contributed by atoms with Crippen LogP contribution in [0, 0.1) is 5.92 Å². The van der Waals surface area contributed by atoms with Crippen molar-refractivity contribution in [3.63, 3.8) is 0 Å². The first-order chi connectivity index (χ1) is 6.15. The number of amides is 2. The van der Waals surface area contributed by atoms with Gasteiger partial charge in [-0.2, -0.15) is 0 Å². The Hall–Kier alpha value is -1.39. The van der Waals surface area contributed by atoms with Crippen LogP contribution in [0.3, 0.4) is 0 Å². The van der Waals surface area contributed by atoms with Gasteiger partial charge in [-0.15, -0.1) is 0 Å². The molecule has 0 aromatic carbocycles. The van der Waals surface area contributed by atoms with Crippen LogP contribution in [0.2, 0.25) is 0 Å². The number of imide groups is 1. The number of hydrogen-bond donors (Lipinski definition) is 1. The molecule has 72 valence electrons. The van der Waals surface area contributed by atoms with Crippen LogP contribution in [0.4, 0.5) is 0 Å². The Kier molecular flexibility index (Phi) is 3.00. The molecule has 0 aromatic rings. The molecule has 1 saturated heterocycles. The van der Waals surface area contributed by atoms with E-state index in [0.717, 1.165) is 0 Å². The van der Waals surface area contributed by atoms with Crippen LogP contribution in [0.5, 0.6) is 0 Å². The van der Waals surface area contributed by atoms with Crippen LogP contribution >= 0.6 is 0 Å². The van der Waals surface area contributed by atoms with Gasteiger partial charge in [-0.25, -0.2) is 0 Å². The molecule has 0 aliphatic carbocycles. The average molecular weight is 185 g/mol. The van der Waals surface area contributed by atoms with Gasteiger partial charge in [0.25, 0.3) is 0 Å². The maximum absolute atomic E-state index is 11.1. The van der Waals surface area contributed by atoms with Gasteiger partial charge in [-0.1, -0.05) is 0 Å². The van der Waals surface area contributed by atoms with E-state index in [1.54, 1.807) is 6.92 Å². The summed E-state index contributed by atoms with van der Waals surface area (Å²) in [5, 5.41) is 2.09. The number of rotatable bonds is 2. The summed E-state index contributed by atoms with van der Waals surface area (Å²) in [7, 11) is 0. The first kappa shape index (κ1) is 9.70. The molecule has 1 fully saturated rings. The Bertz CT molecular complexity index is 249. The third kappa shape index (κ3) is 2.27. The Morgan fingerprint density at radius 1 is 1.62 bits per heavy atom. The lowest BCUT2D eigenvalue weighted by molar-refractivity contribution is -0.154. The number of nitrogens with one attached hydrogen (secondary N) is 1. The predicted molar refractivity (Wildman–Crippen MR) is 42.5 cm³/mol. The normalized spacial score (nSPS) is 22.4. The topological polar surface area (TPSA) is 72.5 Å². The highest BCUT2D eigenvalue weighted by Gasteiger charge is 2.33. The molecular weight excluding hydrogens is 174 g/mol. The SMILES string of the molecule is CCOC(=O)C1CCC(=O)NC1=O. The maximum Gasteiger partial charge on any atom is 0.318 e. The van der Waals surface area contributed by atoms with E-state index in [0.29, 0.717) is 0 Å². The summed E-state index contributed by atoms with van der Waals surface area (Å²) in [6.45, 7) is 1.92. The molecular formula is C8H11NO4. The van der Waals surface area contributed by atoms with Gasteiger partial charge in [0.15, 0.2) is 0 Å². The quantitative estimate of drug-likeness (QED) is 0.361. The van der Waals surface area contributed by atoms with Crippen molar-refractivity contribution in [2.75, 3.05) is 6.61 Å². The van der Waals surface area contributed by atoms with Gasteiger partial charge in [0, 0.05) is 6.42 Å². The summed E-state index contributed by atoms with van der Waals surface area (Å²) in [5.41, 5.74) is 0. The van der Waals surface area contributed by atoms with E-state index in [1.165, 1.54) is 0 Å². The molecule has 0 saturated carbocycles. The van der Waals surface area contributed by atoms with Gasteiger partial charge in [-0.3, -0.25) is 19.7 Å². The summed E-state index contributed by atoms with van der Waals surface area (Å²) in [4.78, 5) is 32.9. The second kappa shape index (κ2) is 4.02. The van der Waals surface area contributed by atoms with Crippen LogP contribution in [0.25, 0.3) is 0 Å². The molecule has 1 atom stereocenters. The van der Waals surface area contributed by atoms with Gasteiger partial charge in [0.2, 0.25) is 11.8 Å². The lowest BCUT2D eigenvalue weighted by Gasteiger charge is -2.18. The molecule has 5 nitrogen and oxygen atoms in total. The van der Waals surface area contributed by atoms with Crippen LogP contribution in [-0.2, 0) is 19.1 Å². The smallest absolute Gasteiger partial charge is 0.318 e. The summed E-state index contributed by atoms with van der Waals surface area (Å²) in [5.74, 6) is -2.23. The van der Waals surface area contributed by atoms with Gasteiger partial charge >= 0.3 is 5.97 Å². The fraction of sp³-hybridized carbons (Fsp3) is 0.625. The first-order valence-corrected chi connectivity index (χ1v) is 4.15. The molecule has 1 rings (SSSR count). The third-order valence-electron chi connectivity index (χ3n) is 1.81. The van der Waals surface area contributed by atoms with Gasteiger partial charge in [-0.05, 0) is 13.3 Å². The van der Waals surface area contributed by atoms with Crippen molar-refractivity contribution in [2.24, 2.45) is 5.92 Å². The van der Waals surface area contributed by atoms with Crippen LogP contribution in [0.1, 0.15) is 19.8 Å². The van der Waals surface area contributed by atoms with Crippen molar-refractivity contribution < 1.29 is 19.1 Å². The summed E-state index contributed by atoms with van der Waals surface area (Å²) in [6.07, 6.45) is 0.457. The molecule has 1 unspecified atom stereocenters. The van der Waals surface area contributed by atoms with Crippen molar-refractivity contribution in [3.8, 4) is 0 Å². The summed E-state index contributed by atoms with van der Waals surface area (Å²) in [6, 6.07) is 0. The Labute approximate surface area is 75.4 Å². The Balaban J connectivity index is 2.55. The minimum absolute atomic E-state index is 0.204. The highest BCUT2D eigenvalue weighted by Crippen LogP contribution is 2.13. The predicted octanol–water partition coefficient (Wildman–Crippen LogP) is -0.398. The van der Waals surface area contributed by atoms with Crippen LogP contribution < -0.4 is 5.32 Å². The van der Waals surface area contributed by atoms with Crippen molar-refractivity contribution in [2.45, 2.75) is 19.8 Å². The molecule has 13 heavy (non-hydrogen) atoms. The van der Waals surface area contributed by atoms with Gasteiger partial charge in [0.05, 0.1) is 6.61 Å². The monoisotopic (exact) mass is 185 g/mol. The maximum atomic E-state index is 11.1. The molecule has 0 spiro atoms. The Morgan fingerprint density at radius 3 is 2.85 bits per heavy atom. The fourth-order valence-corrected chi connectivity index (χ4v) is 1.16. The van der Waals surface area contributed by atoms with E-state index in [-0.39, 0.29) is 25.4 Å². The number of hydrogen-bond acceptors (Lipinski definition) is 4. The highest BCUT2D eigenvalue weighted by molar-refractivity contribution is 6.07. The molecule has 0 bridgehead atoms. The minimum atomic E-state index is -0.808. The molecule has 1 aliphatic rings. The van der Waals surface area contributed by atoms with Crippen molar-refractivity contribution in [1.29, 1.82) is 0 Å². The molecule has 1 heterocycles. The van der Waals surface area contributed by atoms with E-state index in [2.05, 4.69) is 10.1 Å². The minimum Gasteiger partial charge on any atom is -0.465 e. The number of carbonyl (C=O) groups is 3. The number of ether oxygens (including phenoxy) is 1. The van der Waals surface area contributed by atoms with Gasteiger partial charge in [0.1, 0.15) is 5.92 Å². The van der Waals surface area contributed by atoms with Crippen molar-refractivity contribution in [3.05, 3.63) is 0 Å². The lowest BCUT2D eigenvalue weighted by Crippen LogP contribution is -2.44. The van der Waals surface area contributed by atoms with E-state index in [4.69, 9.17) is 0 Å². The Morgan fingerprint density at radius 2 is 2.31 bits per heavy atom. The first-order valence-electron chi connectivity index (χ1n) is 4.15. The van der Waals surface area contributed by atoms with E-state index in [1.807, 2.05) is 0 Å². The molecule has 0 aromatic heterocycles.